The van der Waals surface area contributed by atoms with Gasteiger partial charge in [-0.15, -0.1) is 0 Å². The molecule has 1 aliphatic carbocycles. The van der Waals surface area contributed by atoms with Gasteiger partial charge in [0, 0.05) is 12.5 Å². The molecule has 2 aromatic heterocycles. The minimum atomic E-state index is -4.62. The highest BCUT2D eigenvalue weighted by Crippen LogP contribution is 2.35. The Bertz CT molecular complexity index is 1080. The van der Waals surface area contributed by atoms with Crippen molar-refractivity contribution in [1.82, 2.24) is 5.16 Å². The quantitative estimate of drug-likeness (QED) is 0.242. The van der Waals surface area contributed by atoms with Crippen molar-refractivity contribution in [2.24, 2.45) is 0 Å². The van der Waals surface area contributed by atoms with Gasteiger partial charge in [0.05, 0.1) is 24.6 Å². The summed E-state index contributed by atoms with van der Waals surface area (Å²) in [5.41, 5.74) is 9.37. The van der Waals surface area contributed by atoms with Gasteiger partial charge in [-0.3, -0.25) is 5.73 Å². The first kappa shape index (κ1) is 26.1. The van der Waals surface area contributed by atoms with Gasteiger partial charge in [0.15, 0.2) is 5.76 Å². The zero-order valence-electron chi connectivity index (χ0n) is 19.4. The van der Waals surface area contributed by atoms with Crippen LogP contribution >= 0.6 is 7.82 Å². The molecule has 3 rings (SSSR count). The Morgan fingerprint density at radius 1 is 1.35 bits per heavy atom. The summed E-state index contributed by atoms with van der Waals surface area (Å²) in [5, 5.41) is 4.14. The molecule has 0 aromatic carbocycles. The van der Waals surface area contributed by atoms with Crippen LogP contribution in [0.1, 0.15) is 44.7 Å². The Balaban J connectivity index is 1.59. The highest BCUT2D eigenvalue weighted by Gasteiger charge is 2.21. The third kappa shape index (κ3) is 8.04. The molecule has 0 saturated heterocycles. The summed E-state index contributed by atoms with van der Waals surface area (Å²) in [6.45, 7) is 6.19. The minimum Gasteiger partial charge on any atom is -0.374 e. The van der Waals surface area contributed by atoms with Crippen molar-refractivity contribution in [1.29, 1.82) is 0 Å². The van der Waals surface area contributed by atoms with Crippen molar-refractivity contribution in [3.8, 4) is 11.3 Å². The molecule has 0 spiro atoms. The molecule has 1 saturated carbocycles. The molecule has 184 valence electrons. The number of ether oxygens (including phenoxy) is 1. The molecule has 0 unspecified atom stereocenters. The lowest BCUT2D eigenvalue weighted by Gasteiger charge is -2.22. The van der Waals surface area contributed by atoms with Crippen LogP contribution in [0, 0.1) is 0 Å². The van der Waals surface area contributed by atoms with Crippen LogP contribution in [0.15, 0.2) is 64.9 Å². The fourth-order valence-corrected chi connectivity index (χ4v) is 4.01. The van der Waals surface area contributed by atoms with Gasteiger partial charge in [-0.1, -0.05) is 49.2 Å². The fourth-order valence-electron chi connectivity index (χ4n) is 3.74. The Morgan fingerprint density at radius 3 is 2.82 bits per heavy atom. The van der Waals surface area contributed by atoms with Crippen molar-refractivity contribution in [3.05, 3.63) is 66.0 Å². The topological polar surface area (TPSA) is 132 Å². The second-order valence-corrected chi connectivity index (χ2v) is 9.55. The first-order valence-corrected chi connectivity index (χ1v) is 12.8. The van der Waals surface area contributed by atoms with Crippen molar-refractivity contribution < 1.29 is 32.7 Å². The first-order valence-electron chi connectivity index (χ1n) is 11.3. The maximum Gasteiger partial charge on any atom is 0.472 e. The van der Waals surface area contributed by atoms with E-state index in [0.29, 0.717) is 30.5 Å². The number of hydrogen-bond donors (Lipinski definition) is 3. The van der Waals surface area contributed by atoms with Gasteiger partial charge in [0.2, 0.25) is 6.73 Å². The van der Waals surface area contributed by atoms with E-state index < -0.39 is 14.6 Å². The Morgan fingerprint density at radius 2 is 2.12 bits per heavy atom. The van der Waals surface area contributed by atoms with Crippen LogP contribution in [0.2, 0.25) is 0 Å². The lowest BCUT2D eigenvalue weighted by molar-refractivity contribution is -0.711. The zero-order valence-corrected chi connectivity index (χ0v) is 20.3. The molecule has 0 bridgehead atoms. The summed E-state index contributed by atoms with van der Waals surface area (Å²) >= 11 is 0. The predicted molar refractivity (Wildman–Crippen MR) is 128 cm³/mol. The standard InChI is InChI=1S/C24H32N3O6P/c1-3-19(12-11-18(2)16-31-21-8-5-4-6-9-21)14-20-15-23(33-26-20)22-10-7-13-27(24(22)25)17-32-34(28,29)30/h3,7,10-13,15,21,25H,2,4-6,8-9,14,16-17H2,1H3,(H2,28,29,30)/p+1/b12-11-,19-3+. The van der Waals surface area contributed by atoms with Gasteiger partial charge < -0.3 is 19.0 Å². The van der Waals surface area contributed by atoms with E-state index in [1.165, 1.54) is 23.8 Å². The fraction of sp³-hybridized carbons (Fsp3) is 0.417. The van der Waals surface area contributed by atoms with Gasteiger partial charge in [0.1, 0.15) is 5.56 Å². The van der Waals surface area contributed by atoms with E-state index in [2.05, 4.69) is 16.3 Å². The summed E-state index contributed by atoms with van der Waals surface area (Å²) < 4.78 is 28.3. The Hall–Kier alpha value is -2.55. The monoisotopic (exact) mass is 490 g/mol. The van der Waals surface area contributed by atoms with Gasteiger partial charge in [-0.05, 0) is 43.0 Å². The third-order valence-electron chi connectivity index (χ3n) is 5.65. The molecular weight excluding hydrogens is 457 g/mol. The second-order valence-electron chi connectivity index (χ2n) is 8.31. The van der Waals surface area contributed by atoms with Crippen molar-refractivity contribution in [2.75, 3.05) is 12.3 Å². The molecule has 0 aliphatic heterocycles. The summed E-state index contributed by atoms with van der Waals surface area (Å²) in [7, 11) is -4.62. The number of pyridine rings is 1. The third-order valence-corrected chi connectivity index (χ3v) is 6.10. The minimum absolute atomic E-state index is 0.235. The summed E-state index contributed by atoms with van der Waals surface area (Å²) in [5.74, 6) is 0.682. The molecule has 0 amide bonds. The molecule has 0 radical (unpaired) electrons. The largest absolute Gasteiger partial charge is 0.472 e. The maximum atomic E-state index is 11.0. The first-order chi connectivity index (χ1) is 16.2. The smallest absolute Gasteiger partial charge is 0.374 e. The Kier molecular flexibility index (Phi) is 9.38. The molecule has 2 heterocycles. The average molecular weight is 491 g/mol. The number of nitrogen functional groups attached to an aromatic ring is 1. The lowest BCUT2D eigenvalue weighted by atomic mass is 9.98. The molecular formula is C24H33N3O6P+. The molecule has 0 atom stereocenters. The molecule has 9 nitrogen and oxygen atoms in total. The van der Waals surface area contributed by atoms with Crippen molar-refractivity contribution in [2.45, 2.75) is 58.3 Å². The number of rotatable bonds is 11. The van der Waals surface area contributed by atoms with Crippen LogP contribution in [0.25, 0.3) is 11.3 Å². The van der Waals surface area contributed by atoms with Gasteiger partial charge in [-0.2, -0.15) is 0 Å². The normalized spacial score (nSPS) is 15.8. The van der Waals surface area contributed by atoms with Gasteiger partial charge >= 0.3 is 7.82 Å². The van der Waals surface area contributed by atoms with Crippen LogP contribution in [0.4, 0.5) is 5.82 Å². The number of aromatic nitrogens is 2. The summed E-state index contributed by atoms with van der Waals surface area (Å²) in [4.78, 5) is 17.8. The van der Waals surface area contributed by atoms with Crippen LogP contribution in [0.5, 0.6) is 0 Å². The molecule has 2 aromatic rings. The van der Waals surface area contributed by atoms with E-state index in [1.54, 1.807) is 24.4 Å². The summed E-state index contributed by atoms with van der Waals surface area (Å²) in [6.07, 6.45) is 14.5. The van der Waals surface area contributed by atoms with Crippen LogP contribution in [-0.2, 0) is 27.0 Å². The Labute approximate surface area is 199 Å². The van der Waals surface area contributed by atoms with E-state index in [-0.39, 0.29) is 5.82 Å². The predicted octanol–water partition coefficient (Wildman–Crippen LogP) is 4.23. The van der Waals surface area contributed by atoms with Gasteiger partial charge in [0.25, 0.3) is 5.82 Å². The van der Waals surface area contributed by atoms with Crippen LogP contribution in [-0.4, -0.2) is 27.7 Å². The number of phosphoric acid groups is 1. The van der Waals surface area contributed by atoms with Crippen LogP contribution < -0.4 is 10.3 Å². The van der Waals surface area contributed by atoms with Crippen molar-refractivity contribution >= 4 is 13.6 Å². The molecule has 1 fully saturated rings. The van der Waals surface area contributed by atoms with E-state index in [9.17, 15) is 4.57 Å². The number of anilines is 1. The van der Waals surface area contributed by atoms with Crippen molar-refractivity contribution in [3.63, 3.8) is 0 Å². The average Bonchev–Trinajstić information content (AvgIpc) is 3.28. The van der Waals surface area contributed by atoms with Gasteiger partial charge in [-0.25, -0.2) is 13.7 Å². The SMILES string of the molecule is C=C(/C=C\C(=C/C)Cc1cc(-c2ccc[n+](COP(=O)(O)O)c2N)on1)COC1CCCCC1. The van der Waals surface area contributed by atoms with E-state index in [4.69, 9.17) is 24.8 Å². The number of allylic oxidation sites excluding steroid dienone is 3. The highest BCUT2D eigenvalue weighted by atomic mass is 31.2. The molecule has 1 aliphatic rings. The number of hydrogen-bond acceptors (Lipinski definition) is 6. The van der Waals surface area contributed by atoms with E-state index in [1.807, 2.05) is 25.2 Å². The van der Waals surface area contributed by atoms with E-state index >= 15 is 0 Å². The van der Waals surface area contributed by atoms with E-state index in [0.717, 1.165) is 29.7 Å². The number of nitrogens with two attached hydrogens (primary N) is 1. The zero-order chi connectivity index (χ0) is 24.6. The number of nitrogens with zero attached hydrogens (tertiary/aromatic N) is 2. The molecule has 10 heteroatoms. The highest BCUT2D eigenvalue weighted by molar-refractivity contribution is 7.46. The molecule has 4 N–H and O–H groups in total. The molecule has 34 heavy (non-hydrogen) atoms. The second kappa shape index (κ2) is 12.2. The maximum absolute atomic E-state index is 11.0. The lowest BCUT2D eigenvalue weighted by Crippen LogP contribution is -2.38. The van der Waals surface area contributed by atoms with Crippen LogP contribution in [0.3, 0.4) is 0 Å². The summed E-state index contributed by atoms with van der Waals surface area (Å²) in [6, 6.07) is 5.21. The number of phosphoric ester groups is 1.